The summed E-state index contributed by atoms with van der Waals surface area (Å²) in [6.45, 7) is 8.25. The van der Waals surface area contributed by atoms with Crippen LogP contribution in [0.2, 0.25) is 0 Å². The summed E-state index contributed by atoms with van der Waals surface area (Å²) in [6, 6.07) is 4.15. The first-order valence-electron chi connectivity index (χ1n) is 7.18. The van der Waals surface area contributed by atoms with Crippen LogP contribution in [0.3, 0.4) is 0 Å². The van der Waals surface area contributed by atoms with E-state index in [0.29, 0.717) is 0 Å². The molecular formula is C15H23N3O. The predicted octanol–water partition coefficient (Wildman–Crippen LogP) is 2.13. The summed E-state index contributed by atoms with van der Waals surface area (Å²) >= 11 is 0. The molecule has 1 N–H and O–H groups in total. The number of hydrogen-bond donors (Lipinski definition) is 1. The Labute approximate surface area is 114 Å². The van der Waals surface area contributed by atoms with Crippen molar-refractivity contribution in [2.75, 3.05) is 18.0 Å². The van der Waals surface area contributed by atoms with E-state index in [2.05, 4.69) is 48.0 Å². The number of piperidine rings is 1. The second-order valence-electron chi connectivity index (χ2n) is 7.12. The molecule has 19 heavy (non-hydrogen) atoms. The quantitative estimate of drug-likeness (QED) is 0.841. The van der Waals surface area contributed by atoms with Crippen molar-refractivity contribution in [3.05, 3.63) is 17.8 Å². The summed E-state index contributed by atoms with van der Waals surface area (Å²) in [7, 11) is 0. The lowest BCUT2D eigenvalue weighted by Crippen LogP contribution is -2.45. The van der Waals surface area contributed by atoms with E-state index in [-0.39, 0.29) is 16.9 Å². The smallest absolute Gasteiger partial charge is 0.151 e. The van der Waals surface area contributed by atoms with Gasteiger partial charge in [-0.25, -0.2) is 0 Å². The lowest BCUT2D eigenvalue weighted by molar-refractivity contribution is 0.0733. The van der Waals surface area contributed by atoms with E-state index in [1.807, 2.05) is 0 Å². The molecule has 0 unspecified atom stereocenters. The molecule has 1 aromatic rings. The monoisotopic (exact) mass is 261 g/mol. The van der Waals surface area contributed by atoms with Crippen LogP contribution in [0.5, 0.6) is 0 Å². The predicted molar refractivity (Wildman–Crippen MR) is 75.2 cm³/mol. The second-order valence-corrected chi connectivity index (χ2v) is 7.12. The van der Waals surface area contributed by atoms with Crippen LogP contribution in [0.25, 0.3) is 0 Å². The Morgan fingerprint density at radius 1 is 1.26 bits per heavy atom. The molecule has 4 heteroatoms. The Bertz CT molecular complexity index is 459. The lowest BCUT2D eigenvalue weighted by Gasteiger charge is -2.37. The molecule has 0 bridgehead atoms. The Hall–Kier alpha value is -1.16. The second kappa shape index (κ2) is 4.17. The first-order chi connectivity index (χ1) is 8.91. The van der Waals surface area contributed by atoms with Crippen LogP contribution in [0.15, 0.2) is 12.1 Å². The largest absolute Gasteiger partial charge is 0.392 e. The Balaban J connectivity index is 1.76. The van der Waals surface area contributed by atoms with E-state index in [1.165, 1.54) is 0 Å². The average molecular weight is 261 g/mol. The number of aromatic nitrogens is 2. The van der Waals surface area contributed by atoms with Gasteiger partial charge in [-0.3, -0.25) is 0 Å². The van der Waals surface area contributed by atoms with Crippen molar-refractivity contribution in [3.8, 4) is 0 Å². The zero-order chi connectivity index (χ0) is 13.7. The van der Waals surface area contributed by atoms with Crippen LogP contribution in [-0.4, -0.2) is 34.5 Å². The van der Waals surface area contributed by atoms with Crippen LogP contribution in [0, 0.1) is 5.41 Å². The maximum atomic E-state index is 10.1. The molecule has 1 atom stereocenters. The molecular weight excluding hydrogens is 238 g/mol. The van der Waals surface area contributed by atoms with E-state index in [1.54, 1.807) is 0 Å². The molecule has 0 amide bonds. The molecule has 1 aromatic heterocycles. The molecule has 2 heterocycles. The third kappa shape index (κ3) is 2.34. The van der Waals surface area contributed by atoms with Gasteiger partial charge in [-0.05, 0) is 31.4 Å². The van der Waals surface area contributed by atoms with Gasteiger partial charge in [-0.2, -0.15) is 5.10 Å². The van der Waals surface area contributed by atoms with Gasteiger partial charge >= 0.3 is 0 Å². The minimum atomic E-state index is -0.120. The van der Waals surface area contributed by atoms with Crippen molar-refractivity contribution in [1.82, 2.24) is 10.2 Å². The number of hydrogen-bond acceptors (Lipinski definition) is 4. The summed E-state index contributed by atoms with van der Waals surface area (Å²) in [4.78, 5) is 2.28. The first kappa shape index (κ1) is 12.9. The Morgan fingerprint density at radius 3 is 2.53 bits per heavy atom. The Kier molecular flexibility index (Phi) is 2.82. The summed E-state index contributed by atoms with van der Waals surface area (Å²) in [5.74, 6) is 0.950. The van der Waals surface area contributed by atoms with Gasteiger partial charge in [0.1, 0.15) is 0 Å². The van der Waals surface area contributed by atoms with Crippen molar-refractivity contribution in [2.45, 2.75) is 51.6 Å². The van der Waals surface area contributed by atoms with Gasteiger partial charge in [0.05, 0.1) is 11.8 Å². The highest BCUT2D eigenvalue weighted by Gasteiger charge is 2.52. The molecule has 2 aliphatic rings. The molecule has 4 nitrogen and oxygen atoms in total. The van der Waals surface area contributed by atoms with E-state index in [9.17, 15) is 5.11 Å². The average Bonchev–Trinajstić information content (AvgIpc) is 3.13. The molecule has 3 rings (SSSR count). The van der Waals surface area contributed by atoms with Gasteiger partial charge in [-0.1, -0.05) is 20.8 Å². The molecule has 1 aliphatic carbocycles. The van der Waals surface area contributed by atoms with Crippen molar-refractivity contribution >= 4 is 5.82 Å². The van der Waals surface area contributed by atoms with E-state index >= 15 is 0 Å². The maximum Gasteiger partial charge on any atom is 0.151 e. The number of nitrogens with zero attached hydrogens (tertiary/aromatic N) is 3. The van der Waals surface area contributed by atoms with Crippen LogP contribution < -0.4 is 4.90 Å². The van der Waals surface area contributed by atoms with Crippen LogP contribution >= 0.6 is 0 Å². The minimum absolute atomic E-state index is 0.0430. The van der Waals surface area contributed by atoms with Gasteiger partial charge in [-0.15, -0.1) is 5.10 Å². The fourth-order valence-corrected chi connectivity index (χ4v) is 2.89. The maximum absolute atomic E-state index is 10.1. The van der Waals surface area contributed by atoms with Crippen LogP contribution in [0.4, 0.5) is 5.82 Å². The lowest BCUT2D eigenvalue weighted by atomic mass is 9.91. The zero-order valence-electron chi connectivity index (χ0n) is 12.1. The minimum Gasteiger partial charge on any atom is -0.392 e. The zero-order valence-corrected chi connectivity index (χ0v) is 12.1. The van der Waals surface area contributed by atoms with E-state index in [4.69, 9.17) is 0 Å². The highest BCUT2D eigenvalue weighted by molar-refractivity contribution is 5.40. The third-order valence-electron chi connectivity index (χ3n) is 4.52. The molecule has 1 aliphatic heterocycles. The van der Waals surface area contributed by atoms with Crippen molar-refractivity contribution in [1.29, 1.82) is 0 Å². The third-order valence-corrected chi connectivity index (χ3v) is 4.52. The molecule has 1 saturated heterocycles. The van der Waals surface area contributed by atoms with Gasteiger partial charge in [0.15, 0.2) is 5.82 Å². The normalized spacial score (nSPS) is 25.7. The molecule has 1 spiro atoms. The van der Waals surface area contributed by atoms with Crippen LogP contribution in [-0.2, 0) is 5.41 Å². The highest BCUT2D eigenvalue weighted by Crippen LogP contribution is 2.52. The highest BCUT2D eigenvalue weighted by atomic mass is 16.3. The van der Waals surface area contributed by atoms with Gasteiger partial charge < -0.3 is 10.0 Å². The topological polar surface area (TPSA) is 49.2 Å². The standard InChI is InChI=1S/C15H23N3O/c1-14(2,3)11-4-5-13(17-16-11)18-9-6-12(19)15(10-18)7-8-15/h4-5,12,19H,6-10H2,1-3H3/t12-/m1/s1. The SMILES string of the molecule is CC(C)(C)c1ccc(N2CC[C@@H](O)C3(CC3)C2)nn1. The summed E-state index contributed by atoms with van der Waals surface area (Å²) < 4.78 is 0. The van der Waals surface area contributed by atoms with Crippen molar-refractivity contribution in [3.63, 3.8) is 0 Å². The number of rotatable bonds is 1. The van der Waals surface area contributed by atoms with Gasteiger partial charge in [0.25, 0.3) is 0 Å². The summed E-state index contributed by atoms with van der Waals surface area (Å²) in [5, 5.41) is 18.8. The van der Waals surface area contributed by atoms with Crippen molar-refractivity contribution < 1.29 is 5.11 Å². The number of aliphatic hydroxyl groups excluding tert-OH is 1. The number of anilines is 1. The fourth-order valence-electron chi connectivity index (χ4n) is 2.89. The van der Waals surface area contributed by atoms with Crippen LogP contribution in [0.1, 0.15) is 45.7 Å². The summed E-state index contributed by atoms with van der Waals surface area (Å²) in [6.07, 6.45) is 3.03. The number of aliphatic hydroxyl groups is 1. The van der Waals surface area contributed by atoms with E-state index < -0.39 is 0 Å². The molecule has 0 radical (unpaired) electrons. The molecule has 2 fully saturated rings. The fraction of sp³-hybridized carbons (Fsp3) is 0.733. The molecule has 0 aromatic carbocycles. The molecule has 104 valence electrons. The Morgan fingerprint density at radius 2 is 2.00 bits per heavy atom. The van der Waals surface area contributed by atoms with E-state index in [0.717, 1.165) is 43.9 Å². The molecule has 1 saturated carbocycles. The summed E-state index contributed by atoms with van der Waals surface area (Å²) in [5.41, 5.74) is 1.22. The van der Waals surface area contributed by atoms with Gasteiger partial charge in [0, 0.05) is 23.9 Å². The van der Waals surface area contributed by atoms with Gasteiger partial charge in [0.2, 0.25) is 0 Å². The first-order valence-corrected chi connectivity index (χ1v) is 7.18. The van der Waals surface area contributed by atoms with Crippen molar-refractivity contribution in [2.24, 2.45) is 5.41 Å².